The molecule has 1 aliphatic rings. The Morgan fingerprint density at radius 2 is 1.89 bits per heavy atom. The third kappa shape index (κ3) is 3.26. The molecular formula is C15H23N3O. The Kier molecular flexibility index (Phi) is 3.80. The standard InChI is InChI=1S/C15H23N3O/c1-15(2)11-18(9-8-17(15)3)14(19)10-12-4-6-13(16)7-5-12/h4-7H,8-11,16H2,1-3H3. The summed E-state index contributed by atoms with van der Waals surface area (Å²) in [7, 11) is 2.11. The number of benzene rings is 1. The van der Waals surface area contributed by atoms with E-state index in [0.717, 1.165) is 30.9 Å². The van der Waals surface area contributed by atoms with Gasteiger partial charge in [-0.3, -0.25) is 9.69 Å². The van der Waals surface area contributed by atoms with E-state index in [1.54, 1.807) is 0 Å². The lowest BCUT2D eigenvalue weighted by molar-refractivity contribution is -0.135. The zero-order valence-corrected chi connectivity index (χ0v) is 12.0. The van der Waals surface area contributed by atoms with Crippen LogP contribution in [0.2, 0.25) is 0 Å². The van der Waals surface area contributed by atoms with Gasteiger partial charge in [-0.15, -0.1) is 0 Å². The average Bonchev–Trinajstić information content (AvgIpc) is 2.35. The molecule has 2 rings (SSSR count). The topological polar surface area (TPSA) is 49.6 Å². The van der Waals surface area contributed by atoms with Gasteiger partial charge in [0.25, 0.3) is 0 Å². The molecule has 1 aromatic carbocycles. The maximum atomic E-state index is 12.3. The molecule has 2 N–H and O–H groups in total. The first kappa shape index (κ1) is 13.9. The summed E-state index contributed by atoms with van der Waals surface area (Å²) in [5, 5.41) is 0. The van der Waals surface area contributed by atoms with Gasteiger partial charge in [0.05, 0.1) is 6.42 Å². The van der Waals surface area contributed by atoms with Crippen molar-refractivity contribution < 1.29 is 4.79 Å². The van der Waals surface area contributed by atoms with Crippen LogP contribution in [0.15, 0.2) is 24.3 Å². The molecule has 0 saturated carbocycles. The summed E-state index contributed by atoms with van der Waals surface area (Å²) in [6, 6.07) is 7.54. The molecule has 104 valence electrons. The van der Waals surface area contributed by atoms with E-state index < -0.39 is 0 Å². The van der Waals surface area contributed by atoms with Crippen LogP contribution >= 0.6 is 0 Å². The van der Waals surface area contributed by atoms with E-state index in [-0.39, 0.29) is 11.4 Å². The normalized spacial score (nSPS) is 19.4. The van der Waals surface area contributed by atoms with E-state index in [4.69, 9.17) is 5.73 Å². The number of nitrogens with two attached hydrogens (primary N) is 1. The van der Waals surface area contributed by atoms with Gasteiger partial charge < -0.3 is 10.6 Å². The fraction of sp³-hybridized carbons (Fsp3) is 0.533. The fourth-order valence-electron chi connectivity index (χ4n) is 2.38. The number of carbonyl (C=O) groups excluding carboxylic acids is 1. The summed E-state index contributed by atoms with van der Waals surface area (Å²) in [6.45, 7) is 6.89. The molecule has 0 aliphatic carbocycles. The lowest BCUT2D eigenvalue weighted by Crippen LogP contribution is -2.59. The zero-order chi connectivity index (χ0) is 14.0. The molecular weight excluding hydrogens is 238 g/mol. The van der Waals surface area contributed by atoms with Crippen LogP contribution in [0.3, 0.4) is 0 Å². The van der Waals surface area contributed by atoms with Crippen molar-refractivity contribution in [2.75, 3.05) is 32.4 Å². The zero-order valence-electron chi connectivity index (χ0n) is 12.0. The SMILES string of the molecule is CN1CCN(C(=O)Cc2ccc(N)cc2)CC1(C)C. The highest BCUT2D eigenvalue weighted by atomic mass is 16.2. The first-order valence-electron chi connectivity index (χ1n) is 6.72. The molecule has 4 nitrogen and oxygen atoms in total. The van der Waals surface area contributed by atoms with Gasteiger partial charge in [0, 0.05) is 30.9 Å². The molecule has 1 heterocycles. The molecule has 1 aliphatic heterocycles. The number of hydrogen-bond acceptors (Lipinski definition) is 3. The molecule has 0 aromatic heterocycles. The van der Waals surface area contributed by atoms with Gasteiger partial charge in [-0.1, -0.05) is 12.1 Å². The van der Waals surface area contributed by atoms with Crippen molar-refractivity contribution in [1.82, 2.24) is 9.80 Å². The fourth-order valence-corrected chi connectivity index (χ4v) is 2.38. The van der Waals surface area contributed by atoms with E-state index in [1.807, 2.05) is 29.2 Å². The van der Waals surface area contributed by atoms with Crippen LogP contribution in [0.4, 0.5) is 5.69 Å². The Morgan fingerprint density at radius 3 is 2.47 bits per heavy atom. The molecule has 1 aromatic rings. The van der Waals surface area contributed by atoms with Crippen LogP contribution in [0.1, 0.15) is 19.4 Å². The Bertz CT molecular complexity index is 453. The van der Waals surface area contributed by atoms with Crippen LogP contribution < -0.4 is 5.73 Å². The Labute approximate surface area is 115 Å². The van der Waals surface area contributed by atoms with Crippen LogP contribution in [0.25, 0.3) is 0 Å². The molecule has 1 amide bonds. The minimum atomic E-state index is 0.0506. The van der Waals surface area contributed by atoms with Gasteiger partial charge in [-0.2, -0.15) is 0 Å². The van der Waals surface area contributed by atoms with Crippen molar-refractivity contribution in [2.24, 2.45) is 0 Å². The van der Waals surface area contributed by atoms with Crippen molar-refractivity contribution in [3.63, 3.8) is 0 Å². The second-order valence-corrected chi connectivity index (χ2v) is 5.97. The molecule has 1 fully saturated rings. The summed E-state index contributed by atoms with van der Waals surface area (Å²) in [4.78, 5) is 16.6. The predicted octanol–water partition coefficient (Wildman–Crippen LogP) is 1.36. The van der Waals surface area contributed by atoms with Crippen LogP contribution in [-0.4, -0.2) is 47.9 Å². The van der Waals surface area contributed by atoms with Crippen molar-refractivity contribution in [3.8, 4) is 0 Å². The van der Waals surface area contributed by atoms with E-state index >= 15 is 0 Å². The lowest BCUT2D eigenvalue weighted by atomic mass is 9.99. The lowest BCUT2D eigenvalue weighted by Gasteiger charge is -2.45. The second kappa shape index (κ2) is 5.21. The molecule has 0 spiro atoms. The van der Waals surface area contributed by atoms with E-state index in [0.29, 0.717) is 6.42 Å². The average molecular weight is 261 g/mol. The van der Waals surface area contributed by atoms with Crippen LogP contribution in [0, 0.1) is 0 Å². The molecule has 4 heteroatoms. The van der Waals surface area contributed by atoms with Gasteiger partial charge in [0.1, 0.15) is 0 Å². The van der Waals surface area contributed by atoms with Gasteiger partial charge >= 0.3 is 0 Å². The number of amides is 1. The monoisotopic (exact) mass is 261 g/mol. The Balaban J connectivity index is 1.99. The third-order valence-corrected chi connectivity index (χ3v) is 4.00. The summed E-state index contributed by atoms with van der Waals surface area (Å²) < 4.78 is 0. The van der Waals surface area contributed by atoms with Gasteiger partial charge in [-0.05, 0) is 38.6 Å². The maximum Gasteiger partial charge on any atom is 0.227 e. The highest BCUT2D eigenvalue weighted by Gasteiger charge is 2.32. The van der Waals surface area contributed by atoms with Crippen LogP contribution in [0.5, 0.6) is 0 Å². The van der Waals surface area contributed by atoms with Crippen molar-refractivity contribution in [2.45, 2.75) is 25.8 Å². The first-order chi connectivity index (χ1) is 8.88. The highest BCUT2D eigenvalue weighted by molar-refractivity contribution is 5.79. The molecule has 0 radical (unpaired) electrons. The third-order valence-electron chi connectivity index (χ3n) is 4.00. The number of hydrogen-bond donors (Lipinski definition) is 1. The van der Waals surface area contributed by atoms with E-state index in [1.165, 1.54) is 0 Å². The molecule has 1 saturated heterocycles. The number of piperazine rings is 1. The quantitative estimate of drug-likeness (QED) is 0.818. The highest BCUT2D eigenvalue weighted by Crippen LogP contribution is 2.19. The smallest absolute Gasteiger partial charge is 0.227 e. The summed E-state index contributed by atoms with van der Waals surface area (Å²) in [5.41, 5.74) is 7.46. The minimum Gasteiger partial charge on any atom is -0.399 e. The number of likely N-dealkylation sites (N-methyl/N-ethyl adjacent to an activating group) is 1. The molecule has 19 heavy (non-hydrogen) atoms. The minimum absolute atomic E-state index is 0.0506. The summed E-state index contributed by atoms with van der Waals surface area (Å²) in [5.74, 6) is 0.200. The largest absolute Gasteiger partial charge is 0.399 e. The van der Waals surface area contributed by atoms with Gasteiger partial charge in [0.15, 0.2) is 0 Å². The van der Waals surface area contributed by atoms with Crippen molar-refractivity contribution >= 4 is 11.6 Å². The number of nitrogen functional groups attached to an aromatic ring is 1. The summed E-state index contributed by atoms with van der Waals surface area (Å²) in [6.07, 6.45) is 0.458. The maximum absolute atomic E-state index is 12.3. The number of rotatable bonds is 2. The van der Waals surface area contributed by atoms with E-state index in [2.05, 4.69) is 25.8 Å². The van der Waals surface area contributed by atoms with Gasteiger partial charge in [-0.25, -0.2) is 0 Å². The number of carbonyl (C=O) groups is 1. The van der Waals surface area contributed by atoms with Crippen LogP contribution in [-0.2, 0) is 11.2 Å². The number of anilines is 1. The van der Waals surface area contributed by atoms with Crippen molar-refractivity contribution in [3.05, 3.63) is 29.8 Å². The predicted molar refractivity (Wildman–Crippen MR) is 77.8 cm³/mol. The second-order valence-electron chi connectivity index (χ2n) is 5.97. The first-order valence-corrected chi connectivity index (χ1v) is 6.72. The van der Waals surface area contributed by atoms with E-state index in [9.17, 15) is 4.79 Å². The van der Waals surface area contributed by atoms with Crippen molar-refractivity contribution in [1.29, 1.82) is 0 Å². The Morgan fingerprint density at radius 1 is 1.26 bits per heavy atom. The molecule has 0 atom stereocenters. The molecule has 0 bridgehead atoms. The molecule has 0 unspecified atom stereocenters. The van der Waals surface area contributed by atoms with Gasteiger partial charge in [0.2, 0.25) is 5.91 Å². The Hall–Kier alpha value is -1.55. The number of nitrogens with zero attached hydrogens (tertiary/aromatic N) is 2. The summed E-state index contributed by atoms with van der Waals surface area (Å²) >= 11 is 0.